The number of hydrogen-bond donors (Lipinski definition) is 0. The molecular weight excluding hydrogens is 296 g/mol. The summed E-state index contributed by atoms with van der Waals surface area (Å²) in [6, 6.07) is 11.7. The maximum absolute atomic E-state index is 6.21. The molecule has 108 valence electrons. The second-order valence-corrected chi connectivity index (χ2v) is 5.65. The molecule has 0 atom stereocenters. The maximum atomic E-state index is 6.21. The average molecular weight is 309 g/mol. The van der Waals surface area contributed by atoms with E-state index in [9.17, 15) is 0 Å². The number of aromatic nitrogens is 3. The van der Waals surface area contributed by atoms with Crippen molar-refractivity contribution in [3.63, 3.8) is 0 Å². The van der Waals surface area contributed by atoms with Gasteiger partial charge in [-0.05, 0) is 37.3 Å². The number of nitrogens with zero attached hydrogens (tertiary/aromatic N) is 4. The molecule has 0 fully saturated rings. The molecule has 1 aliphatic heterocycles. The van der Waals surface area contributed by atoms with Crippen LogP contribution in [0.25, 0.3) is 5.69 Å². The van der Waals surface area contributed by atoms with Gasteiger partial charge >= 0.3 is 0 Å². The van der Waals surface area contributed by atoms with E-state index in [-0.39, 0.29) is 0 Å². The van der Waals surface area contributed by atoms with E-state index in [1.54, 1.807) is 6.20 Å². The van der Waals surface area contributed by atoms with Gasteiger partial charge in [0.1, 0.15) is 5.82 Å². The zero-order valence-corrected chi connectivity index (χ0v) is 12.7. The molecule has 0 saturated heterocycles. The summed E-state index contributed by atoms with van der Waals surface area (Å²) in [4.78, 5) is 13.7. The van der Waals surface area contributed by atoms with Crippen LogP contribution in [0.15, 0.2) is 53.8 Å². The lowest BCUT2D eigenvalue weighted by molar-refractivity contribution is 0.878. The highest BCUT2D eigenvalue weighted by atomic mass is 35.5. The van der Waals surface area contributed by atoms with E-state index < -0.39 is 0 Å². The van der Waals surface area contributed by atoms with E-state index in [1.165, 1.54) is 0 Å². The number of fused-ring (bicyclic) bond motifs is 3. The molecular formula is C17H13ClN4. The predicted molar refractivity (Wildman–Crippen MR) is 86.9 cm³/mol. The van der Waals surface area contributed by atoms with Crippen molar-refractivity contribution >= 4 is 17.3 Å². The van der Waals surface area contributed by atoms with Gasteiger partial charge in [-0.2, -0.15) is 0 Å². The van der Waals surface area contributed by atoms with Crippen LogP contribution >= 0.6 is 11.6 Å². The maximum Gasteiger partial charge on any atom is 0.135 e. The third kappa shape index (κ3) is 2.12. The highest BCUT2D eigenvalue weighted by Gasteiger charge is 2.20. The molecule has 0 amide bonds. The Labute approximate surface area is 133 Å². The Hall–Kier alpha value is -2.46. The van der Waals surface area contributed by atoms with Crippen molar-refractivity contribution in [1.82, 2.24) is 14.5 Å². The Balaban J connectivity index is 1.99. The highest BCUT2D eigenvalue weighted by Crippen LogP contribution is 2.27. The molecule has 0 N–H and O–H groups in total. The average Bonchev–Trinajstić information content (AvgIpc) is 2.83. The van der Waals surface area contributed by atoms with E-state index >= 15 is 0 Å². The molecule has 0 spiro atoms. The van der Waals surface area contributed by atoms with Crippen molar-refractivity contribution in [2.45, 2.75) is 13.5 Å². The Morgan fingerprint density at radius 2 is 2.09 bits per heavy atom. The minimum atomic E-state index is 0.520. The molecule has 0 radical (unpaired) electrons. The van der Waals surface area contributed by atoms with Gasteiger partial charge in [0, 0.05) is 23.0 Å². The lowest BCUT2D eigenvalue weighted by Crippen LogP contribution is -2.08. The summed E-state index contributed by atoms with van der Waals surface area (Å²) < 4.78 is 2.08. The van der Waals surface area contributed by atoms with E-state index in [1.807, 2.05) is 49.5 Å². The zero-order valence-electron chi connectivity index (χ0n) is 12.0. The van der Waals surface area contributed by atoms with Gasteiger partial charge in [0.05, 0.1) is 29.3 Å². The van der Waals surface area contributed by atoms with E-state index in [0.29, 0.717) is 11.6 Å². The fourth-order valence-corrected chi connectivity index (χ4v) is 2.90. The fourth-order valence-electron chi connectivity index (χ4n) is 2.73. The summed E-state index contributed by atoms with van der Waals surface area (Å²) in [6.45, 7) is 2.51. The molecule has 0 saturated carbocycles. The normalized spacial score (nSPS) is 13.1. The van der Waals surface area contributed by atoms with Crippen molar-refractivity contribution in [2.24, 2.45) is 4.99 Å². The molecule has 22 heavy (non-hydrogen) atoms. The van der Waals surface area contributed by atoms with Crippen LogP contribution in [0.1, 0.15) is 22.8 Å². The van der Waals surface area contributed by atoms with Crippen LogP contribution < -0.4 is 0 Å². The number of benzene rings is 1. The first-order valence-electron chi connectivity index (χ1n) is 7.03. The molecule has 4 rings (SSSR count). The Morgan fingerprint density at radius 3 is 2.91 bits per heavy atom. The van der Waals surface area contributed by atoms with Crippen LogP contribution in [0.3, 0.4) is 0 Å². The SMILES string of the molecule is Cc1cn2c(n1)CN=C(c1ccccn1)c1cc(Cl)ccc1-2. The molecule has 0 unspecified atom stereocenters. The highest BCUT2D eigenvalue weighted by molar-refractivity contribution is 6.31. The van der Waals surface area contributed by atoms with Gasteiger partial charge in [-0.1, -0.05) is 17.7 Å². The summed E-state index contributed by atoms with van der Waals surface area (Å²) in [6.07, 6.45) is 3.80. The van der Waals surface area contributed by atoms with Crippen LogP contribution in [0, 0.1) is 6.92 Å². The van der Waals surface area contributed by atoms with Crippen molar-refractivity contribution in [3.8, 4) is 5.69 Å². The van der Waals surface area contributed by atoms with E-state index in [4.69, 9.17) is 16.6 Å². The van der Waals surface area contributed by atoms with Crippen molar-refractivity contribution < 1.29 is 0 Å². The number of halogens is 1. The van der Waals surface area contributed by atoms with Crippen molar-refractivity contribution in [1.29, 1.82) is 0 Å². The van der Waals surface area contributed by atoms with Gasteiger partial charge < -0.3 is 4.57 Å². The minimum Gasteiger partial charge on any atom is -0.301 e. The van der Waals surface area contributed by atoms with Gasteiger partial charge in [0.25, 0.3) is 0 Å². The monoisotopic (exact) mass is 308 g/mol. The standard InChI is InChI=1S/C17H13ClN4/c1-11-10-22-15-6-5-12(18)8-13(15)17(20-9-16(22)21-11)14-4-2-3-7-19-14/h2-8,10H,9H2,1H3. The molecule has 1 aromatic carbocycles. The minimum absolute atomic E-state index is 0.520. The van der Waals surface area contributed by atoms with Crippen molar-refractivity contribution in [2.75, 3.05) is 0 Å². The Bertz CT molecular complexity index is 881. The number of hydrogen-bond acceptors (Lipinski definition) is 3. The number of imidazole rings is 1. The molecule has 2 aromatic heterocycles. The summed E-state index contributed by atoms with van der Waals surface area (Å²) in [5, 5.41) is 0.683. The van der Waals surface area contributed by atoms with Crippen LogP contribution in [0.5, 0.6) is 0 Å². The summed E-state index contributed by atoms with van der Waals surface area (Å²) in [7, 11) is 0. The summed E-state index contributed by atoms with van der Waals surface area (Å²) in [5.41, 5.74) is 4.67. The molecule has 3 aromatic rings. The molecule has 0 aliphatic carbocycles. The first-order chi connectivity index (χ1) is 10.7. The van der Waals surface area contributed by atoms with Crippen LogP contribution in [0.2, 0.25) is 5.02 Å². The first-order valence-corrected chi connectivity index (χ1v) is 7.41. The Morgan fingerprint density at radius 1 is 1.18 bits per heavy atom. The quantitative estimate of drug-likeness (QED) is 0.689. The zero-order chi connectivity index (χ0) is 15.1. The number of aliphatic imine (C=N–C) groups is 1. The van der Waals surface area contributed by atoms with Crippen molar-refractivity contribution in [3.05, 3.63) is 76.6 Å². The topological polar surface area (TPSA) is 43.1 Å². The molecule has 4 nitrogen and oxygen atoms in total. The predicted octanol–water partition coefficient (Wildman–Crippen LogP) is 3.58. The molecule has 3 heterocycles. The third-order valence-corrected chi connectivity index (χ3v) is 3.89. The van der Waals surface area contributed by atoms with Gasteiger partial charge in [0.15, 0.2) is 0 Å². The lowest BCUT2D eigenvalue weighted by atomic mass is 10.0. The number of aryl methyl sites for hydroxylation is 1. The van der Waals surface area contributed by atoms with E-state index in [0.717, 1.165) is 34.2 Å². The number of pyridine rings is 1. The molecule has 1 aliphatic rings. The third-order valence-electron chi connectivity index (χ3n) is 3.66. The van der Waals surface area contributed by atoms with Gasteiger partial charge in [-0.15, -0.1) is 0 Å². The summed E-state index contributed by atoms with van der Waals surface area (Å²) in [5.74, 6) is 0.923. The molecule has 5 heteroatoms. The van der Waals surface area contributed by atoms with Crippen LogP contribution in [0.4, 0.5) is 0 Å². The first kappa shape index (κ1) is 13.2. The second-order valence-electron chi connectivity index (χ2n) is 5.21. The Kier molecular flexibility index (Phi) is 3.05. The largest absolute Gasteiger partial charge is 0.301 e. The fraction of sp³-hybridized carbons (Fsp3) is 0.118. The van der Waals surface area contributed by atoms with Crippen LogP contribution in [-0.2, 0) is 6.54 Å². The molecule has 0 bridgehead atoms. The van der Waals surface area contributed by atoms with Gasteiger partial charge in [-0.3, -0.25) is 9.98 Å². The summed E-state index contributed by atoms with van der Waals surface area (Å²) >= 11 is 6.21. The van der Waals surface area contributed by atoms with Crippen LogP contribution in [-0.4, -0.2) is 20.2 Å². The van der Waals surface area contributed by atoms with Gasteiger partial charge in [-0.25, -0.2) is 4.98 Å². The smallest absolute Gasteiger partial charge is 0.135 e. The second kappa shape index (κ2) is 5.07. The van der Waals surface area contributed by atoms with Gasteiger partial charge in [0.2, 0.25) is 0 Å². The number of rotatable bonds is 1. The lowest BCUT2D eigenvalue weighted by Gasteiger charge is -2.11. The van der Waals surface area contributed by atoms with E-state index in [2.05, 4.69) is 14.5 Å².